The van der Waals surface area contributed by atoms with E-state index < -0.39 is 11.9 Å². The van der Waals surface area contributed by atoms with Crippen LogP contribution in [0, 0.1) is 18.2 Å². The quantitative estimate of drug-likeness (QED) is 0.415. The van der Waals surface area contributed by atoms with E-state index in [2.05, 4.69) is 20.9 Å². The van der Waals surface area contributed by atoms with Gasteiger partial charge >= 0.3 is 0 Å². The molecule has 180 valence electrons. The topological polar surface area (TPSA) is 94.2 Å². The number of aromatic nitrogens is 3. The van der Waals surface area contributed by atoms with Gasteiger partial charge in [0.1, 0.15) is 11.6 Å². The van der Waals surface area contributed by atoms with E-state index >= 15 is 0 Å². The third kappa shape index (κ3) is 4.14. The molecule has 1 aliphatic heterocycles. The Morgan fingerprint density at radius 3 is 2.86 bits per heavy atom. The molecule has 1 amide bonds. The van der Waals surface area contributed by atoms with Gasteiger partial charge in [-0.1, -0.05) is 5.92 Å². The molecular formula is C28H24FN5O2. The third-order valence-corrected chi connectivity index (χ3v) is 6.53. The van der Waals surface area contributed by atoms with E-state index in [0.29, 0.717) is 34.8 Å². The molecule has 7 nitrogen and oxygen atoms in total. The Bertz CT molecular complexity index is 1510. The number of carbonyl (C=O) groups is 1. The van der Waals surface area contributed by atoms with Gasteiger partial charge in [-0.25, -0.2) is 9.37 Å². The number of ether oxygens (including phenoxy) is 1. The highest BCUT2D eigenvalue weighted by Crippen LogP contribution is 2.38. The van der Waals surface area contributed by atoms with Crippen molar-refractivity contribution in [3.63, 3.8) is 0 Å². The molecule has 0 radical (unpaired) electrons. The van der Waals surface area contributed by atoms with Crippen LogP contribution >= 0.6 is 0 Å². The molecule has 2 N–H and O–H groups in total. The summed E-state index contributed by atoms with van der Waals surface area (Å²) in [4.78, 5) is 28.6. The lowest BCUT2D eigenvalue weighted by molar-refractivity contribution is 0.0664. The summed E-state index contributed by atoms with van der Waals surface area (Å²) in [6.07, 6.45) is 8.35. The summed E-state index contributed by atoms with van der Waals surface area (Å²) < 4.78 is 20.4. The average Bonchev–Trinajstić information content (AvgIpc) is 3.29. The zero-order valence-corrected chi connectivity index (χ0v) is 19.9. The summed E-state index contributed by atoms with van der Waals surface area (Å²) >= 11 is 0. The van der Waals surface area contributed by atoms with Crippen LogP contribution in [0.25, 0.3) is 10.9 Å². The lowest BCUT2D eigenvalue weighted by atomic mass is 9.99. The van der Waals surface area contributed by atoms with Crippen molar-refractivity contribution in [3.8, 4) is 12.3 Å². The number of halogens is 1. The van der Waals surface area contributed by atoms with Crippen LogP contribution in [0.15, 0.2) is 54.9 Å². The highest BCUT2D eigenvalue weighted by Gasteiger charge is 2.29. The van der Waals surface area contributed by atoms with Crippen LogP contribution in [0.2, 0.25) is 0 Å². The van der Waals surface area contributed by atoms with Crippen LogP contribution in [-0.2, 0) is 17.9 Å². The second-order valence-corrected chi connectivity index (χ2v) is 8.74. The average molecular weight is 482 g/mol. The number of nitrogen functional groups attached to an aromatic ring is 1. The van der Waals surface area contributed by atoms with Gasteiger partial charge in [-0.05, 0) is 61.9 Å². The Kier molecular flexibility index (Phi) is 6.08. The first-order valence-electron chi connectivity index (χ1n) is 11.5. The molecule has 36 heavy (non-hydrogen) atoms. The van der Waals surface area contributed by atoms with Gasteiger partial charge < -0.3 is 15.4 Å². The number of hydrogen-bond acceptors (Lipinski definition) is 6. The number of carbonyl (C=O) groups excluding carboxylic acids is 1. The van der Waals surface area contributed by atoms with E-state index in [1.54, 1.807) is 48.4 Å². The fraction of sp³-hybridized carbons (Fsp3) is 0.214. The predicted molar refractivity (Wildman–Crippen MR) is 134 cm³/mol. The van der Waals surface area contributed by atoms with Crippen molar-refractivity contribution in [1.29, 1.82) is 0 Å². The molecule has 3 aromatic heterocycles. The summed E-state index contributed by atoms with van der Waals surface area (Å²) in [6, 6.07) is 11.0. The normalized spacial score (nSPS) is 15.3. The summed E-state index contributed by atoms with van der Waals surface area (Å²) in [6.45, 7) is 4.20. The number of fused-ring (bicyclic) bond motifs is 3. The van der Waals surface area contributed by atoms with Crippen LogP contribution in [0.1, 0.15) is 64.4 Å². The number of amides is 1. The summed E-state index contributed by atoms with van der Waals surface area (Å²) in [5, 5.41) is 0.808. The van der Waals surface area contributed by atoms with Crippen molar-refractivity contribution in [2.75, 3.05) is 5.73 Å². The molecular weight excluding hydrogens is 457 g/mol. The molecule has 0 saturated heterocycles. The van der Waals surface area contributed by atoms with Crippen molar-refractivity contribution >= 4 is 22.6 Å². The van der Waals surface area contributed by atoms with E-state index in [1.807, 2.05) is 6.92 Å². The zero-order valence-electron chi connectivity index (χ0n) is 19.9. The SMILES string of the molecule is C#Cc1ccc(CN(C(=O)c2ccc3nc(N)c4c(c3c2)COC4C)C(C)c2ncccc2F)nc1. The Labute approximate surface area is 208 Å². The molecule has 5 rings (SSSR count). The second-order valence-electron chi connectivity index (χ2n) is 8.74. The summed E-state index contributed by atoms with van der Waals surface area (Å²) in [7, 11) is 0. The highest BCUT2D eigenvalue weighted by atomic mass is 19.1. The van der Waals surface area contributed by atoms with Crippen molar-refractivity contribution in [2.45, 2.75) is 39.1 Å². The fourth-order valence-electron chi connectivity index (χ4n) is 4.58. The molecule has 2 atom stereocenters. The van der Waals surface area contributed by atoms with E-state index in [1.165, 1.54) is 18.3 Å². The largest absolute Gasteiger partial charge is 0.383 e. The third-order valence-electron chi connectivity index (χ3n) is 6.53. The van der Waals surface area contributed by atoms with Gasteiger partial charge in [0.25, 0.3) is 5.91 Å². The number of rotatable bonds is 5. The first-order chi connectivity index (χ1) is 17.4. The number of anilines is 1. The van der Waals surface area contributed by atoms with Gasteiger partial charge in [0.2, 0.25) is 0 Å². The minimum Gasteiger partial charge on any atom is -0.383 e. The van der Waals surface area contributed by atoms with Crippen LogP contribution in [-0.4, -0.2) is 25.8 Å². The van der Waals surface area contributed by atoms with Gasteiger partial charge in [0, 0.05) is 34.5 Å². The van der Waals surface area contributed by atoms with Gasteiger partial charge in [0.15, 0.2) is 0 Å². The smallest absolute Gasteiger partial charge is 0.254 e. The zero-order chi connectivity index (χ0) is 25.4. The number of pyridine rings is 3. The molecule has 0 fully saturated rings. The molecule has 8 heteroatoms. The second kappa shape index (κ2) is 9.36. The first-order valence-corrected chi connectivity index (χ1v) is 11.5. The standard InChI is InChI=1S/C28H24FN5O2/c1-4-18-7-9-20(32-13-18)14-34(16(2)26-23(29)6-5-11-31-26)28(35)19-8-10-24-21(12-19)22-15-36-17(3)25(22)27(30)33-24/h1,5-13,16-17H,14-15H2,2-3H3,(H2,30,33). The molecule has 0 bridgehead atoms. The number of benzene rings is 1. The van der Waals surface area contributed by atoms with Crippen LogP contribution in [0.5, 0.6) is 0 Å². The molecule has 4 aromatic rings. The molecule has 1 aromatic carbocycles. The molecule has 2 unspecified atom stereocenters. The number of terminal acetylenes is 1. The molecule has 4 heterocycles. The minimum absolute atomic E-state index is 0.136. The van der Waals surface area contributed by atoms with E-state index in [0.717, 1.165) is 16.5 Å². The molecule has 1 aliphatic rings. The summed E-state index contributed by atoms with van der Waals surface area (Å²) in [5.41, 5.74) is 10.5. The first kappa shape index (κ1) is 23.4. The van der Waals surface area contributed by atoms with Crippen molar-refractivity contribution in [2.24, 2.45) is 0 Å². The monoisotopic (exact) mass is 481 g/mol. The van der Waals surface area contributed by atoms with Crippen molar-refractivity contribution in [3.05, 3.63) is 94.3 Å². The fourth-order valence-corrected chi connectivity index (χ4v) is 4.58. The van der Waals surface area contributed by atoms with Gasteiger partial charge in [0.05, 0.1) is 42.2 Å². The maximum atomic E-state index is 14.7. The Hall–Kier alpha value is -4.35. The lowest BCUT2D eigenvalue weighted by Gasteiger charge is -2.29. The van der Waals surface area contributed by atoms with E-state index in [9.17, 15) is 9.18 Å². The van der Waals surface area contributed by atoms with Crippen molar-refractivity contribution in [1.82, 2.24) is 19.9 Å². The van der Waals surface area contributed by atoms with Gasteiger partial charge in [-0.15, -0.1) is 6.42 Å². The Balaban J connectivity index is 1.57. The molecule has 0 spiro atoms. The maximum absolute atomic E-state index is 14.7. The number of nitrogens with two attached hydrogens (primary N) is 1. The molecule has 0 saturated carbocycles. The maximum Gasteiger partial charge on any atom is 0.254 e. The van der Waals surface area contributed by atoms with Gasteiger partial charge in [-0.3, -0.25) is 14.8 Å². The number of nitrogens with zero attached hydrogens (tertiary/aromatic N) is 4. The Morgan fingerprint density at radius 2 is 2.14 bits per heavy atom. The van der Waals surface area contributed by atoms with Crippen LogP contribution in [0.4, 0.5) is 10.2 Å². The molecule has 0 aliphatic carbocycles. The summed E-state index contributed by atoms with van der Waals surface area (Å²) in [5.74, 6) is 2.18. The lowest BCUT2D eigenvalue weighted by Crippen LogP contribution is -2.34. The van der Waals surface area contributed by atoms with Crippen LogP contribution in [0.3, 0.4) is 0 Å². The van der Waals surface area contributed by atoms with Crippen LogP contribution < -0.4 is 5.73 Å². The van der Waals surface area contributed by atoms with E-state index in [-0.39, 0.29) is 24.2 Å². The highest BCUT2D eigenvalue weighted by molar-refractivity contribution is 5.99. The van der Waals surface area contributed by atoms with Gasteiger partial charge in [-0.2, -0.15) is 0 Å². The minimum atomic E-state index is -0.665. The van der Waals surface area contributed by atoms with Crippen molar-refractivity contribution < 1.29 is 13.9 Å². The Morgan fingerprint density at radius 1 is 1.31 bits per heavy atom. The number of hydrogen-bond donors (Lipinski definition) is 1. The van der Waals surface area contributed by atoms with E-state index in [4.69, 9.17) is 16.9 Å². The predicted octanol–water partition coefficient (Wildman–Crippen LogP) is 4.72.